The van der Waals surface area contributed by atoms with E-state index in [2.05, 4.69) is 13.8 Å². The summed E-state index contributed by atoms with van der Waals surface area (Å²) < 4.78 is 10.6. The number of ether oxygens (including phenoxy) is 2. The number of rotatable bonds is 6. The summed E-state index contributed by atoms with van der Waals surface area (Å²) in [5, 5.41) is 0. The summed E-state index contributed by atoms with van der Waals surface area (Å²) in [6, 6.07) is 7.71. The molecule has 0 saturated heterocycles. The van der Waals surface area contributed by atoms with Gasteiger partial charge in [0.2, 0.25) is 0 Å². The standard InChI is InChI=1S/C14H20O3S/c1-10(2)9-12(14(15)16-3)17-11-7-5-6-8-13(11)18-4/h5-8,10,12H,9H2,1-4H3/t12-/m0/s1. The molecular weight excluding hydrogens is 248 g/mol. The third kappa shape index (κ3) is 4.26. The van der Waals surface area contributed by atoms with E-state index in [1.807, 2.05) is 30.5 Å². The number of esters is 1. The molecule has 0 bridgehead atoms. The molecule has 0 aliphatic rings. The van der Waals surface area contributed by atoms with Crippen molar-refractivity contribution in [3.63, 3.8) is 0 Å². The first-order chi connectivity index (χ1) is 8.58. The number of hydrogen-bond donors (Lipinski definition) is 0. The Labute approximate surface area is 113 Å². The molecule has 3 nitrogen and oxygen atoms in total. The van der Waals surface area contributed by atoms with Gasteiger partial charge in [-0.3, -0.25) is 0 Å². The molecule has 1 atom stereocenters. The summed E-state index contributed by atoms with van der Waals surface area (Å²) in [6.07, 6.45) is 2.09. The zero-order valence-corrected chi connectivity index (χ0v) is 12.1. The van der Waals surface area contributed by atoms with Crippen LogP contribution in [0.2, 0.25) is 0 Å². The first kappa shape index (κ1) is 14.9. The lowest BCUT2D eigenvalue weighted by molar-refractivity contribution is -0.149. The number of carbonyl (C=O) groups excluding carboxylic acids is 1. The van der Waals surface area contributed by atoms with E-state index in [1.54, 1.807) is 11.8 Å². The smallest absolute Gasteiger partial charge is 0.347 e. The van der Waals surface area contributed by atoms with E-state index in [-0.39, 0.29) is 5.97 Å². The Bertz CT molecular complexity index is 390. The molecule has 18 heavy (non-hydrogen) atoms. The molecule has 4 heteroatoms. The van der Waals surface area contributed by atoms with Gasteiger partial charge in [-0.05, 0) is 30.7 Å². The number of para-hydroxylation sites is 1. The second-order valence-corrected chi connectivity index (χ2v) is 5.26. The fraction of sp³-hybridized carbons (Fsp3) is 0.500. The van der Waals surface area contributed by atoms with Gasteiger partial charge in [0.15, 0.2) is 6.10 Å². The molecule has 1 rings (SSSR count). The van der Waals surface area contributed by atoms with Gasteiger partial charge in [-0.1, -0.05) is 26.0 Å². The van der Waals surface area contributed by atoms with Crippen LogP contribution in [-0.4, -0.2) is 25.4 Å². The van der Waals surface area contributed by atoms with Crippen molar-refractivity contribution in [2.24, 2.45) is 5.92 Å². The average molecular weight is 268 g/mol. The van der Waals surface area contributed by atoms with Crippen molar-refractivity contribution >= 4 is 17.7 Å². The molecule has 0 amide bonds. The van der Waals surface area contributed by atoms with E-state index in [4.69, 9.17) is 9.47 Å². The van der Waals surface area contributed by atoms with Gasteiger partial charge in [0.1, 0.15) is 5.75 Å². The topological polar surface area (TPSA) is 35.5 Å². The van der Waals surface area contributed by atoms with Gasteiger partial charge in [-0.25, -0.2) is 4.79 Å². The second-order valence-electron chi connectivity index (χ2n) is 4.41. The van der Waals surface area contributed by atoms with Crippen LogP contribution in [-0.2, 0) is 9.53 Å². The van der Waals surface area contributed by atoms with E-state index in [0.29, 0.717) is 12.3 Å². The highest BCUT2D eigenvalue weighted by Gasteiger charge is 2.23. The maximum Gasteiger partial charge on any atom is 0.347 e. The monoisotopic (exact) mass is 268 g/mol. The number of carbonyl (C=O) groups is 1. The summed E-state index contributed by atoms with van der Waals surface area (Å²) in [5.41, 5.74) is 0. The minimum absolute atomic E-state index is 0.320. The van der Waals surface area contributed by atoms with E-state index < -0.39 is 6.10 Å². The lowest BCUT2D eigenvalue weighted by Crippen LogP contribution is -2.30. The van der Waals surface area contributed by atoms with Crippen molar-refractivity contribution < 1.29 is 14.3 Å². The molecule has 0 heterocycles. The first-order valence-corrected chi connectivity index (χ1v) is 7.18. The van der Waals surface area contributed by atoms with Gasteiger partial charge in [0.25, 0.3) is 0 Å². The van der Waals surface area contributed by atoms with Gasteiger partial charge in [0.05, 0.1) is 7.11 Å². The molecule has 0 aliphatic carbocycles. The van der Waals surface area contributed by atoms with Crippen molar-refractivity contribution in [1.82, 2.24) is 0 Å². The summed E-state index contributed by atoms with van der Waals surface area (Å²) in [7, 11) is 1.39. The number of methoxy groups -OCH3 is 1. The maximum absolute atomic E-state index is 11.7. The molecule has 0 radical (unpaired) electrons. The Kier molecular flexibility index (Phi) is 6.05. The first-order valence-electron chi connectivity index (χ1n) is 5.96. The molecule has 100 valence electrons. The van der Waals surface area contributed by atoms with Crippen LogP contribution in [0.4, 0.5) is 0 Å². The largest absolute Gasteiger partial charge is 0.478 e. The second kappa shape index (κ2) is 7.31. The molecule has 0 N–H and O–H groups in total. The van der Waals surface area contributed by atoms with Crippen LogP contribution in [0.25, 0.3) is 0 Å². The van der Waals surface area contributed by atoms with Gasteiger partial charge in [-0.15, -0.1) is 11.8 Å². The Morgan fingerprint density at radius 2 is 2.00 bits per heavy atom. The molecule has 0 aromatic heterocycles. The predicted molar refractivity (Wildman–Crippen MR) is 74.1 cm³/mol. The third-order valence-corrected chi connectivity index (χ3v) is 3.26. The third-order valence-electron chi connectivity index (χ3n) is 2.49. The minimum atomic E-state index is -0.539. The summed E-state index contributed by atoms with van der Waals surface area (Å²) >= 11 is 1.60. The maximum atomic E-state index is 11.7. The number of thioether (sulfide) groups is 1. The van der Waals surface area contributed by atoms with E-state index >= 15 is 0 Å². The molecule has 0 aliphatic heterocycles. The highest BCUT2D eigenvalue weighted by atomic mass is 32.2. The Morgan fingerprint density at radius 3 is 2.56 bits per heavy atom. The lowest BCUT2D eigenvalue weighted by atomic mass is 10.1. The fourth-order valence-electron chi connectivity index (χ4n) is 1.62. The van der Waals surface area contributed by atoms with E-state index in [9.17, 15) is 4.79 Å². The van der Waals surface area contributed by atoms with E-state index in [1.165, 1.54) is 7.11 Å². The van der Waals surface area contributed by atoms with Crippen molar-refractivity contribution in [1.29, 1.82) is 0 Å². The van der Waals surface area contributed by atoms with Crippen molar-refractivity contribution in [3.05, 3.63) is 24.3 Å². The van der Waals surface area contributed by atoms with Crippen LogP contribution in [0.5, 0.6) is 5.75 Å². The van der Waals surface area contributed by atoms with Crippen LogP contribution >= 0.6 is 11.8 Å². The minimum Gasteiger partial charge on any atom is -0.478 e. The van der Waals surface area contributed by atoms with Crippen LogP contribution < -0.4 is 4.74 Å². The van der Waals surface area contributed by atoms with Gasteiger partial charge < -0.3 is 9.47 Å². The van der Waals surface area contributed by atoms with Crippen molar-refractivity contribution in [3.8, 4) is 5.75 Å². The lowest BCUT2D eigenvalue weighted by Gasteiger charge is -2.20. The zero-order chi connectivity index (χ0) is 13.5. The summed E-state index contributed by atoms with van der Waals surface area (Å²) in [5.74, 6) is 0.788. The van der Waals surface area contributed by atoms with Crippen LogP contribution in [0.1, 0.15) is 20.3 Å². The summed E-state index contributed by atoms with van der Waals surface area (Å²) in [4.78, 5) is 12.7. The van der Waals surface area contributed by atoms with Gasteiger partial charge >= 0.3 is 5.97 Å². The Balaban J connectivity index is 2.85. The number of benzene rings is 1. The molecule has 1 aromatic rings. The molecule has 0 saturated carbocycles. The van der Waals surface area contributed by atoms with Crippen molar-refractivity contribution in [2.75, 3.05) is 13.4 Å². The number of hydrogen-bond acceptors (Lipinski definition) is 4. The average Bonchev–Trinajstić information content (AvgIpc) is 2.37. The Hall–Kier alpha value is -1.16. The molecular formula is C14H20O3S. The SMILES string of the molecule is COC(=O)[C@H](CC(C)C)Oc1ccccc1SC. The molecule has 0 fully saturated rings. The Morgan fingerprint density at radius 1 is 1.33 bits per heavy atom. The van der Waals surface area contributed by atoms with Crippen LogP contribution in [0.3, 0.4) is 0 Å². The van der Waals surface area contributed by atoms with Crippen LogP contribution in [0, 0.1) is 5.92 Å². The fourth-order valence-corrected chi connectivity index (χ4v) is 2.15. The molecule has 0 spiro atoms. The van der Waals surface area contributed by atoms with Crippen LogP contribution in [0.15, 0.2) is 29.2 Å². The highest BCUT2D eigenvalue weighted by molar-refractivity contribution is 7.98. The van der Waals surface area contributed by atoms with E-state index in [0.717, 1.165) is 10.6 Å². The molecule has 0 unspecified atom stereocenters. The predicted octanol–water partition coefficient (Wildman–Crippen LogP) is 3.38. The zero-order valence-electron chi connectivity index (χ0n) is 11.3. The summed E-state index contributed by atoms with van der Waals surface area (Å²) in [6.45, 7) is 4.11. The van der Waals surface area contributed by atoms with Gasteiger partial charge in [-0.2, -0.15) is 0 Å². The molecule has 1 aromatic carbocycles. The highest BCUT2D eigenvalue weighted by Crippen LogP contribution is 2.28. The van der Waals surface area contributed by atoms with Crippen molar-refractivity contribution in [2.45, 2.75) is 31.3 Å². The van der Waals surface area contributed by atoms with Gasteiger partial charge in [0, 0.05) is 4.90 Å². The normalized spacial score (nSPS) is 12.3. The quantitative estimate of drug-likeness (QED) is 0.585.